The van der Waals surface area contributed by atoms with Crippen molar-refractivity contribution < 1.29 is 0 Å². The first-order valence-corrected chi connectivity index (χ1v) is 18.4. The van der Waals surface area contributed by atoms with Gasteiger partial charge in [0.1, 0.15) is 0 Å². The molecule has 0 aliphatic rings. The minimum absolute atomic E-state index is 0.641. The van der Waals surface area contributed by atoms with Crippen molar-refractivity contribution in [2.24, 2.45) is 0 Å². The van der Waals surface area contributed by atoms with E-state index in [2.05, 4.69) is 163 Å². The number of hydrogen-bond donors (Lipinski definition) is 0. The van der Waals surface area contributed by atoms with Gasteiger partial charge in [0.2, 0.25) is 0 Å². The lowest BCUT2D eigenvalue weighted by Crippen LogP contribution is -2.09. The van der Waals surface area contributed by atoms with Gasteiger partial charge in [-0.05, 0) is 69.8 Å². The number of nitrogens with zero attached hydrogens (tertiary/aromatic N) is 4. The highest BCUT2D eigenvalue weighted by molar-refractivity contribution is 5.81. The monoisotopic (exact) mass is 704 g/mol. The standard InChI is InChI=1S/C51H36N4/c1-5-13-37(14-6-1)40-25-31-46(32-26-40)55(47-33-27-41(28-34-47)38-15-7-2-8-16-38)48-35-29-42(30-36-48)39-21-23-45(24-22-39)51-53-49(43-17-9-3-10-18-43)52-50(54-51)44-19-11-4-12-20-44/h1-36H. The largest absolute Gasteiger partial charge is 0.311 e. The summed E-state index contributed by atoms with van der Waals surface area (Å²) in [5.74, 6) is 1.94. The van der Waals surface area contributed by atoms with Crippen molar-refractivity contribution in [3.63, 3.8) is 0 Å². The van der Waals surface area contributed by atoms with Gasteiger partial charge < -0.3 is 4.90 Å². The van der Waals surface area contributed by atoms with E-state index in [0.29, 0.717) is 17.5 Å². The summed E-state index contributed by atoms with van der Waals surface area (Å²) in [4.78, 5) is 17.0. The lowest BCUT2D eigenvalue weighted by atomic mass is 10.0. The van der Waals surface area contributed by atoms with E-state index in [1.165, 1.54) is 22.3 Å². The van der Waals surface area contributed by atoms with Crippen LogP contribution in [0.4, 0.5) is 17.1 Å². The van der Waals surface area contributed by atoms with Crippen molar-refractivity contribution in [2.45, 2.75) is 0 Å². The van der Waals surface area contributed by atoms with Gasteiger partial charge >= 0.3 is 0 Å². The van der Waals surface area contributed by atoms with Crippen LogP contribution in [0.3, 0.4) is 0 Å². The number of benzene rings is 8. The number of rotatable bonds is 9. The summed E-state index contributed by atoms with van der Waals surface area (Å²) in [7, 11) is 0. The van der Waals surface area contributed by atoms with Crippen molar-refractivity contribution >= 4 is 17.1 Å². The Hall–Kier alpha value is -7.43. The molecular formula is C51H36N4. The van der Waals surface area contributed by atoms with Crippen LogP contribution in [0.15, 0.2) is 218 Å². The lowest BCUT2D eigenvalue weighted by Gasteiger charge is -2.26. The van der Waals surface area contributed by atoms with Crippen molar-refractivity contribution in [3.05, 3.63) is 218 Å². The molecule has 0 unspecified atom stereocenters. The third kappa shape index (κ3) is 7.30. The smallest absolute Gasteiger partial charge is 0.164 e. The second-order valence-electron chi connectivity index (χ2n) is 13.3. The molecule has 9 aromatic rings. The molecule has 4 nitrogen and oxygen atoms in total. The first-order chi connectivity index (χ1) is 27.2. The molecule has 0 spiro atoms. The molecule has 0 N–H and O–H groups in total. The predicted molar refractivity (Wildman–Crippen MR) is 227 cm³/mol. The molecule has 0 saturated carbocycles. The SMILES string of the molecule is c1ccc(-c2ccc(N(c3ccc(-c4ccccc4)cc3)c3ccc(-c4ccc(-c5nc(-c6ccccc6)nc(-c6ccccc6)n5)cc4)cc3)cc2)cc1. The molecular weight excluding hydrogens is 669 g/mol. The van der Waals surface area contributed by atoms with Crippen LogP contribution in [0.1, 0.15) is 0 Å². The Balaban J connectivity index is 1.03. The van der Waals surface area contributed by atoms with Gasteiger partial charge in [-0.25, -0.2) is 15.0 Å². The normalized spacial score (nSPS) is 10.9. The fourth-order valence-electron chi connectivity index (χ4n) is 6.87. The van der Waals surface area contributed by atoms with Crippen LogP contribution in [0, 0.1) is 0 Å². The fourth-order valence-corrected chi connectivity index (χ4v) is 6.87. The van der Waals surface area contributed by atoms with Crippen LogP contribution in [0.25, 0.3) is 67.5 Å². The Labute approximate surface area is 321 Å². The summed E-state index contributed by atoms with van der Waals surface area (Å²) in [6.45, 7) is 0. The minimum Gasteiger partial charge on any atom is -0.311 e. The number of hydrogen-bond acceptors (Lipinski definition) is 4. The molecule has 9 rings (SSSR count). The maximum atomic E-state index is 4.91. The summed E-state index contributed by atoms with van der Waals surface area (Å²) in [5, 5.41) is 0. The highest BCUT2D eigenvalue weighted by Gasteiger charge is 2.15. The molecule has 0 radical (unpaired) electrons. The fraction of sp³-hybridized carbons (Fsp3) is 0. The molecule has 8 aromatic carbocycles. The first-order valence-electron chi connectivity index (χ1n) is 18.4. The molecule has 0 saturated heterocycles. The molecule has 55 heavy (non-hydrogen) atoms. The van der Waals surface area contributed by atoms with Gasteiger partial charge in [-0.3, -0.25) is 0 Å². The quantitative estimate of drug-likeness (QED) is 0.150. The minimum atomic E-state index is 0.641. The van der Waals surface area contributed by atoms with E-state index in [1.807, 2.05) is 60.7 Å². The summed E-state index contributed by atoms with van der Waals surface area (Å²) in [6.07, 6.45) is 0. The van der Waals surface area contributed by atoms with Gasteiger partial charge in [0.25, 0.3) is 0 Å². The first kappa shape index (κ1) is 33.4. The maximum Gasteiger partial charge on any atom is 0.164 e. The Morgan fingerprint density at radius 2 is 0.400 bits per heavy atom. The zero-order chi connectivity index (χ0) is 36.8. The highest BCUT2D eigenvalue weighted by atomic mass is 15.1. The zero-order valence-corrected chi connectivity index (χ0v) is 30.1. The van der Waals surface area contributed by atoms with Crippen LogP contribution in [-0.2, 0) is 0 Å². The molecule has 1 aromatic heterocycles. The molecule has 4 heteroatoms. The molecule has 0 aliphatic carbocycles. The summed E-state index contributed by atoms with van der Waals surface area (Å²) < 4.78 is 0. The van der Waals surface area contributed by atoms with Gasteiger partial charge in [0, 0.05) is 33.8 Å². The van der Waals surface area contributed by atoms with Crippen molar-refractivity contribution in [3.8, 4) is 67.5 Å². The van der Waals surface area contributed by atoms with Crippen molar-refractivity contribution in [2.75, 3.05) is 4.90 Å². The second kappa shape index (κ2) is 15.3. The van der Waals surface area contributed by atoms with Crippen molar-refractivity contribution in [1.82, 2.24) is 15.0 Å². The molecule has 0 bridgehead atoms. The van der Waals surface area contributed by atoms with E-state index in [9.17, 15) is 0 Å². The van der Waals surface area contributed by atoms with E-state index in [0.717, 1.165) is 44.9 Å². The summed E-state index contributed by atoms with van der Waals surface area (Å²) >= 11 is 0. The van der Waals surface area contributed by atoms with Gasteiger partial charge in [-0.15, -0.1) is 0 Å². The molecule has 260 valence electrons. The van der Waals surface area contributed by atoms with Gasteiger partial charge in [-0.2, -0.15) is 0 Å². The average molecular weight is 705 g/mol. The van der Waals surface area contributed by atoms with E-state index in [1.54, 1.807) is 0 Å². The predicted octanol–water partition coefficient (Wildman–Crippen LogP) is 13.3. The molecule has 1 heterocycles. The van der Waals surface area contributed by atoms with Crippen molar-refractivity contribution in [1.29, 1.82) is 0 Å². The van der Waals surface area contributed by atoms with Gasteiger partial charge in [-0.1, -0.05) is 182 Å². The topological polar surface area (TPSA) is 41.9 Å². The van der Waals surface area contributed by atoms with Gasteiger partial charge in [0.15, 0.2) is 17.5 Å². The molecule has 0 amide bonds. The van der Waals surface area contributed by atoms with E-state index >= 15 is 0 Å². The van der Waals surface area contributed by atoms with Crippen LogP contribution in [0.2, 0.25) is 0 Å². The molecule has 0 atom stereocenters. The second-order valence-corrected chi connectivity index (χ2v) is 13.3. The highest BCUT2D eigenvalue weighted by Crippen LogP contribution is 2.38. The van der Waals surface area contributed by atoms with Crippen LogP contribution < -0.4 is 4.90 Å². The van der Waals surface area contributed by atoms with E-state index in [4.69, 9.17) is 15.0 Å². The number of anilines is 3. The third-order valence-corrected chi connectivity index (χ3v) is 9.77. The van der Waals surface area contributed by atoms with Crippen LogP contribution >= 0.6 is 0 Å². The number of aromatic nitrogens is 3. The maximum absolute atomic E-state index is 4.91. The lowest BCUT2D eigenvalue weighted by molar-refractivity contribution is 1.07. The Morgan fingerprint density at radius 1 is 0.200 bits per heavy atom. The zero-order valence-electron chi connectivity index (χ0n) is 30.1. The van der Waals surface area contributed by atoms with Gasteiger partial charge in [0.05, 0.1) is 0 Å². The van der Waals surface area contributed by atoms with Crippen LogP contribution in [-0.4, -0.2) is 15.0 Å². The summed E-state index contributed by atoms with van der Waals surface area (Å²) in [5.41, 5.74) is 13.1. The third-order valence-electron chi connectivity index (χ3n) is 9.77. The summed E-state index contributed by atoms with van der Waals surface area (Å²) in [6, 6.07) is 76.0. The molecule has 0 aliphatic heterocycles. The Morgan fingerprint density at radius 3 is 0.691 bits per heavy atom. The Kier molecular flexibility index (Phi) is 9.28. The van der Waals surface area contributed by atoms with E-state index in [-0.39, 0.29) is 0 Å². The Bertz CT molecular complexity index is 2490. The van der Waals surface area contributed by atoms with E-state index < -0.39 is 0 Å². The molecule has 0 fully saturated rings. The average Bonchev–Trinajstić information content (AvgIpc) is 3.28. The van der Waals surface area contributed by atoms with Crippen LogP contribution in [0.5, 0.6) is 0 Å².